The Morgan fingerprint density at radius 1 is 1.44 bits per heavy atom. The van der Waals surface area contributed by atoms with Gasteiger partial charge in [-0.2, -0.15) is 11.8 Å². The van der Waals surface area contributed by atoms with Crippen LogP contribution in [0, 0.1) is 0 Å². The summed E-state index contributed by atoms with van der Waals surface area (Å²) >= 11 is 2.11. The molecule has 1 N–H and O–H groups in total. The molecule has 1 rings (SSSR count). The number of hydrogen-bond donors (Lipinski definition) is 1. The lowest BCUT2D eigenvalue weighted by molar-refractivity contribution is 0.127. The summed E-state index contributed by atoms with van der Waals surface area (Å²) in [6, 6.07) is 0.725. The van der Waals surface area contributed by atoms with Crippen molar-refractivity contribution >= 4 is 11.8 Å². The van der Waals surface area contributed by atoms with Gasteiger partial charge in [0.25, 0.3) is 0 Å². The SMILES string of the molecule is CCNC(CC)CCCSC1CCOC1C. The summed E-state index contributed by atoms with van der Waals surface area (Å²) in [5.74, 6) is 1.29. The molecule has 1 heterocycles. The number of ether oxygens (including phenoxy) is 1. The maximum atomic E-state index is 5.57. The first-order valence-corrected chi connectivity index (χ1v) is 7.79. The molecule has 16 heavy (non-hydrogen) atoms. The van der Waals surface area contributed by atoms with Gasteiger partial charge in [-0.05, 0) is 44.9 Å². The highest BCUT2D eigenvalue weighted by molar-refractivity contribution is 7.99. The van der Waals surface area contributed by atoms with Crippen molar-refractivity contribution in [2.24, 2.45) is 0 Å². The van der Waals surface area contributed by atoms with Crippen LogP contribution < -0.4 is 5.32 Å². The highest BCUT2D eigenvalue weighted by atomic mass is 32.2. The Morgan fingerprint density at radius 3 is 2.81 bits per heavy atom. The van der Waals surface area contributed by atoms with Crippen LogP contribution in [-0.2, 0) is 4.74 Å². The van der Waals surface area contributed by atoms with Crippen LogP contribution in [0.3, 0.4) is 0 Å². The Morgan fingerprint density at radius 2 is 2.25 bits per heavy atom. The summed E-state index contributed by atoms with van der Waals surface area (Å²) < 4.78 is 5.57. The Labute approximate surface area is 105 Å². The summed E-state index contributed by atoms with van der Waals surface area (Å²) in [7, 11) is 0. The van der Waals surface area contributed by atoms with Crippen LogP contribution in [0.2, 0.25) is 0 Å². The van der Waals surface area contributed by atoms with Crippen molar-refractivity contribution in [2.45, 2.75) is 63.9 Å². The van der Waals surface area contributed by atoms with Gasteiger partial charge in [-0.3, -0.25) is 0 Å². The molecule has 3 heteroatoms. The summed E-state index contributed by atoms with van der Waals surface area (Å²) in [4.78, 5) is 0. The Kier molecular flexibility index (Phi) is 7.50. The van der Waals surface area contributed by atoms with Crippen molar-refractivity contribution in [3.8, 4) is 0 Å². The van der Waals surface area contributed by atoms with Gasteiger partial charge in [0.15, 0.2) is 0 Å². The van der Waals surface area contributed by atoms with Crippen LogP contribution in [0.5, 0.6) is 0 Å². The average Bonchev–Trinajstić information content (AvgIpc) is 2.69. The van der Waals surface area contributed by atoms with Gasteiger partial charge in [-0.15, -0.1) is 0 Å². The van der Waals surface area contributed by atoms with Gasteiger partial charge in [0.2, 0.25) is 0 Å². The first kappa shape index (κ1) is 14.3. The molecule has 0 spiro atoms. The highest BCUT2D eigenvalue weighted by Crippen LogP contribution is 2.27. The zero-order valence-electron chi connectivity index (χ0n) is 11.0. The van der Waals surface area contributed by atoms with Gasteiger partial charge >= 0.3 is 0 Å². The number of thioether (sulfide) groups is 1. The van der Waals surface area contributed by atoms with E-state index in [9.17, 15) is 0 Å². The van der Waals surface area contributed by atoms with E-state index in [-0.39, 0.29) is 0 Å². The quantitative estimate of drug-likeness (QED) is 0.664. The summed E-state index contributed by atoms with van der Waals surface area (Å²) in [6.07, 6.45) is 5.62. The fourth-order valence-corrected chi connectivity index (χ4v) is 3.48. The molecule has 0 aromatic rings. The lowest BCUT2D eigenvalue weighted by Crippen LogP contribution is -2.28. The molecule has 1 aliphatic heterocycles. The maximum absolute atomic E-state index is 5.57. The third-order valence-electron chi connectivity index (χ3n) is 3.32. The van der Waals surface area contributed by atoms with E-state index in [2.05, 4.69) is 37.8 Å². The second-order valence-electron chi connectivity index (χ2n) is 4.58. The molecule has 0 bridgehead atoms. The predicted octanol–water partition coefficient (Wildman–Crippen LogP) is 3.07. The van der Waals surface area contributed by atoms with E-state index in [0.717, 1.165) is 24.4 Å². The van der Waals surface area contributed by atoms with Gasteiger partial charge in [0.05, 0.1) is 6.10 Å². The normalized spacial score (nSPS) is 27.2. The topological polar surface area (TPSA) is 21.3 Å². The third-order valence-corrected chi connectivity index (χ3v) is 4.89. The van der Waals surface area contributed by atoms with E-state index in [1.165, 1.54) is 31.4 Å². The van der Waals surface area contributed by atoms with E-state index in [4.69, 9.17) is 4.74 Å². The Balaban J connectivity index is 2.02. The van der Waals surface area contributed by atoms with Gasteiger partial charge in [-0.25, -0.2) is 0 Å². The highest BCUT2D eigenvalue weighted by Gasteiger charge is 2.23. The standard InChI is InChI=1S/C13H27NOS/c1-4-12(14-5-2)7-6-10-16-13-8-9-15-11(13)3/h11-14H,4-10H2,1-3H3. The van der Waals surface area contributed by atoms with Crippen molar-refractivity contribution in [3.05, 3.63) is 0 Å². The molecule has 3 unspecified atom stereocenters. The minimum absolute atomic E-state index is 0.473. The molecular formula is C13H27NOS. The first-order valence-electron chi connectivity index (χ1n) is 6.74. The van der Waals surface area contributed by atoms with Crippen molar-refractivity contribution in [3.63, 3.8) is 0 Å². The van der Waals surface area contributed by atoms with E-state index < -0.39 is 0 Å². The Hall–Kier alpha value is 0.270. The van der Waals surface area contributed by atoms with Gasteiger partial charge in [0.1, 0.15) is 0 Å². The molecule has 0 amide bonds. The molecule has 0 aliphatic carbocycles. The van der Waals surface area contributed by atoms with Crippen LogP contribution in [0.15, 0.2) is 0 Å². The third kappa shape index (κ3) is 5.07. The fraction of sp³-hybridized carbons (Fsp3) is 1.00. The molecule has 1 fully saturated rings. The molecule has 3 atom stereocenters. The number of hydrogen-bond acceptors (Lipinski definition) is 3. The van der Waals surface area contributed by atoms with Crippen LogP contribution >= 0.6 is 11.8 Å². The van der Waals surface area contributed by atoms with E-state index in [1.807, 2.05) is 0 Å². The van der Waals surface area contributed by atoms with E-state index in [1.54, 1.807) is 0 Å². The van der Waals surface area contributed by atoms with Crippen LogP contribution in [0.1, 0.15) is 46.5 Å². The number of nitrogens with one attached hydrogen (secondary N) is 1. The molecule has 0 radical (unpaired) electrons. The smallest absolute Gasteiger partial charge is 0.0666 e. The zero-order chi connectivity index (χ0) is 11.8. The molecule has 1 saturated heterocycles. The average molecular weight is 245 g/mol. The second-order valence-corrected chi connectivity index (χ2v) is 5.93. The van der Waals surface area contributed by atoms with Crippen molar-refractivity contribution in [1.82, 2.24) is 5.32 Å². The zero-order valence-corrected chi connectivity index (χ0v) is 11.8. The van der Waals surface area contributed by atoms with Crippen molar-refractivity contribution in [2.75, 3.05) is 18.9 Å². The van der Waals surface area contributed by atoms with Crippen LogP contribution in [0.4, 0.5) is 0 Å². The van der Waals surface area contributed by atoms with E-state index in [0.29, 0.717) is 6.10 Å². The van der Waals surface area contributed by atoms with Crippen molar-refractivity contribution < 1.29 is 4.74 Å². The van der Waals surface area contributed by atoms with Gasteiger partial charge in [0, 0.05) is 17.9 Å². The molecule has 2 nitrogen and oxygen atoms in total. The molecule has 1 aliphatic rings. The van der Waals surface area contributed by atoms with Gasteiger partial charge in [-0.1, -0.05) is 13.8 Å². The molecule has 0 aromatic heterocycles. The molecular weight excluding hydrogens is 218 g/mol. The fourth-order valence-electron chi connectivity index (χ4n) is 2.23. The summed E-state index contributed by atoms with van der Waals surface area (Å²) in [6.45, 7) is 8.73. The van der Waals surface area contributed by atoms with E-state index >= 15 is 0 Å². The number of rotatable bonds is 8. The maximum Gasteiger partial charge on any atom is 0.0666 e. The molecule has 0 aromatic carbocycles. The van der Waals surface area contributed by atoms with Crippen molar-refractivity contribution in [1.29, 1.82) is 0 Å². The van der Waals surface area contributed by atoms with Crippen LogP contribution in [0.25, 0.3) is 0 Å². The monoisotopic (exact) mass is 245 g/mol. The second kappa shape index (κ2) is 8.37. The lowest BCUT2D eigenvalue weighted by Gasteiger charge is -2.17. The largest absolute Gasteiger partial charge is 0.377 e. The predicted molar refractivity (Wildman–Crippen MR) is 73.3 cm³/mol. The summed E-state index contributed by atoms with van der Waals surface area (Å²) in [5, 5.41) is 4.28. The first-order chi connectivity index (χ1) is 7.77. The van der Waals surface area contributed by atoms with Crippen LogP contribution in [-0.4, -0.2) is 36.3 Å². The van der Waals surface area contributed by atoms with Gasteiger partial charge < -0.3 is 10.1 Å². The molecule has 0 saturated carbocycles. The lowest BCUT2D eigenvalue weighted by atomic mass is 10.1. The minimum Gasteiger partial charge on any atom is -0.377 e. The minimum atomic E-state index is 0.473. The summed E-state index contributed by atoms with van der Waals surface area (Å²) in [5.41, 5.74) is 0. The Bertz CT molecular complexity index is 177. The molecule has 96 valence electrons.